The molecular weight excluding hydrogens is 358 g/mol. The lowest BCUT2D eigenvalue weighted by molar-refractivity contribution is 0.240. The molecule has 0 aliphatic carbocycles. The van der Waals surface area contributed by atoms with E-state index in [1.54, 1.807) is 0 Å². The average Bonchev–Trinajstić information content (AvgIpc) is 2.77. The van der Waals surface area contributed by atoms with Gasteiger partial charge in [-0.05, 0) is 59.7 Å². The number of aryl methyl sites for hydroxylation is 1. The van der Waals surface area contributed by atoms with Crippen LogP contribution in [0.25, 0.3) is 10.8 Å². The molecule has 4 rings (SSSR count). The van der Waals surface area contributed by atoms with E-state index in [2.05, 4.69) is 64.9 Å². The number of nitrogens with zero attached hydrogens (tertiary/aromatic N) is 1. The van der Waals surface area contributed by atoms with Gasteiger partial charge in [0.1, 0.15) is 0 Å². The molecule has 2 N–H and O–H groups in total. The van der Waals surface area contributed by atoms with Gasteiger partial charge in [-0.3, -0.25) is 0 Å². The van der Waals surface area contributed by atoms with Gasteiger partial charge >= 0.3 is 6.03 Å². The molecule has 3 aromatic rings. The minimum Gasteiger partial charge on any atom is -0.372 e. The van der Waals surface area contributed by atoms with Gasteiger partial charge in [0.05, 0.1) is 0 Å². The maximum atomic E-state index is 12.2. The molecule has 1 aliphatic rings. The third-order valence-electron chi connectivity index (χ3n) is 5.76. The molecule has 4 heteroatoms. The maximum absolute atomic E-state index is 12.2. The van der Waals surface area contributed by atoms with Crippen LogP contribution in [-0.4, -0.2) is 25.7 Å². The topological polar surface area (TPSA) is 44.4 Å². The van der Waals surface area contributed by atoms with Crippen LogP contribution in [0, 0.1) is 0 Å². The highest BCUT2D eigenvalue weighted by Crippen LogP contribution is 2.27. The number of urea groups is 1. The fourth-order valence-corrected chi connectivity index (χ4v) is 4.22. The van der Waals surface area contributed by atoms with Crippen LogP contribution < -0.4 is 15.5 Å². The number of rotatable bonds is 6. The fourth-order valence-electron chi connectivity index (χ4n) is 4.22. The lowest BCUT2D eigenvalue weighted by Crippen LogP contribution is -2.36. The van der Waals surface area contributed by atoms with Gasteiger partial charge in [0.25, 0.3) is 0 Å². The van der Waals surface area contributed by atoms with Gasteiger partial charge in [-0.1, -0.05) is 54.6 Å². The molecule has 0 saturated heterocycles. The van der Waals surface area contributed by atoms with E-state index < -0.39 is 0 Å². The van der Waals surface area contributed by atoms with Crippen LogP contribution in [-0.2, 0) is 19.4 Å². The Morgan fingerprint density at radius 1 is 1.03 bits per heavy atom. The van der Waals surface area contributed by atoms with Crippen LogP contribution in [0.2, 0.25) is 0 Å². The first-order valence-corrected chi connectivity index (χ1v) is 10.6. The number of anilines is 1. The summed E-state index contributed by atoms with van der Waals surface area (Å²) in [5.74, 6) is 0. The van der Waals surface area contributed by atoms with Gasteiger partial charge in [-0.25, -0.2) is 4.79 Å². The van der Waals surface area contributed by atoms with Crippen molar-refractivity contribution < 1.29 is 4.79 Å². The van der Waals surface area contributed by atoms with Gasteiger partial charge in [0.15, 0.2) is 0 Å². The van der Waals surface area contributed by atoms with E-state index in [4.69, 9.17) is 0 Å². The third-order valence-corrected chi connectivity index (χ3v) is 5.76. The highest BCUT2D eigenvalue weighted by Gasteiger charge is 2.15. The second-order valence-corrected chi connectivity index (χ2v) is 7.64. The van der Waals surface area contributed by atoms with Gasteiger partial charge in [-0.2, -0.15) is 0 Å². The summed E-state index contributed by atoms with van der Waals surface area (Å²) in [6.07, 6.45) is 3.22. The summed E-state index contributed by atoms with van der Waals surface area (Å²) in [6.45, 7) is 5.59. The maximum Gasteiger partial charge on any atom is 0.315 e. The molecule has 1 aliphatic heterocycles. The number of carbonyl (C=O) groups excluding carboxylic acids is 1. The monoisotopic (exact) mass is 387 g/mol. The molecule has 0 aromatic heterocycles. The zero-order valence-corrected chi connectivity index (χ0v) is 17.1. The van der Waals surface area contributed by atoms with Gasteiger partial charge in [0, 0.05) is 31.9 Å². The zero-order chi connectivity index (χ0) is 20.1. The largest absolute Gasteiger partial charge is 0.372 e. The zero-order valence-electron chi connectivity index (χ0n) is 17.1. The van der Waals surface area contributed by atoms with Crippen LogP contribution in [0.15, 0.2) is 60.7 Å². The lowest BCUT2D eigenvalue weighted by Gasteiger charge is -2.30. The molecular formula is C25H29N3O. The predicted octanol–water partition coefficient (Wildman–Crippen LogP) is 4.65. The van der Waals surface area contributed by atoms with Crippen LogP contribution in [0.3, 0.4) is 0 Å². The summed E-state index contributed by atoms with van der Waals surface area (Å²) >= 11 is 0. The summed E-state index contributed by atoms with van der Waals surface area (Å²) in [5.41, 5.74) is 5.24. The molecule has 0 bridgehead atoms. The normalized spacial score (nSPS) is 13.2. The van der Waals surface area contributed by atoms with Crippen molar-refractivity contribution in [1.29, 1.82) is 0 Å². The van der Waals surface area contributed by atoms with Crippen molar-refractivity contribution in [3.05, 3.63) is 77.4 Å². The molecule has 0 fully saturated rings. The molecule has 0 saturated carbocycles. The highest BCUT2D eigenvalue weighted by atomic mass is 16.2. The Morgan fingerprint density at radius 3 is 2.79 bits per heavy atom. The smallest absolute Gasteiger partial charge is 0.315 e. The van der Waals surface area contributed by atoms with E-state index in [1.165, 1.54) is 34.0 Å². The number of benzene rings is 3. The Morgan fingerprint density at radius 2 is 1.90 bits per heavy atom. The summed E-state index contributed by atoms with van der Waals surface area (Å²) in [5, 5.41) is 8.35. The number of amides is 2. The Kier molecular flexibility index (Phi) is 5.99. The Labute approximate surface area is 172 Å². The minimum absolute atomic E-state index is 0.118. The standard InChI is InChI=1S/C25H29N3O/c1-2-28-16-6-10-21-17-19(12-13-24(21)28)14-15-26-25(29)27-18-22-9-5-8-20-7-3-4-11-23(20)22/h3-5,7-9,11-13,17H,2,6,10,14-16,18H2,1H3,(H2,26,27,29). The van der Waals surface area contributed by atoms with Crippen LogP contribution in [0.5, 0.6) is 0 Å². The van der Waals surface area contributed by atoms with Crippen molar-refractivity contribution in [3.63, 3.8) is 0 Å². The van der Waals surface area contributed by atoms with E-state index in [-0.39, 0.29) is 6.03 Å². The van der Waals surface area contributed by atoms with E-state index in [0.717, 1.165) is 31.5 Å². The van der Waals surface area contributed by atoms with Gasteiger partial charge < -0.3 is 15.5 Å². The Hall–Kier alpha value is -3.01. The molecule has 3 aromatic carbocycles. The predicted molar refractivity (Wildman–Crippen MR) is 121 cm³/mol. The Balaban J connectivity index is 1.28. The molecule has 150 valence electrons. The van der Waals surface area contributed by atoms with Crippen molar-refractivity contribution in [2.45, 2.75) is 32.7 Å². The number of fused-ring (bicyclic) bond motifs is 2. The second-order valence-electron chi connectivity index (χ2n) is 7.64. The number of nitrogens with one attached hydrogen (secondary N) is 2. The molecule has 4 nitrogen and oxygen atoms in total. The fraction of sp³-hybridized carbons (Fsp3) is 0.320. The molecule has 1 heterocycles. The van der Waals surface area contributed by atoms with Gasteiger partial charge in [0.2, 0.25) is 0 Å². The first-order valence-electron chi connectivity index (χ1n) is 10.6. The summed E-state index contributed by atoms with van der Waals surface area (Å²) in [4.78, 5) is 14.7. The third kappa shape index (κ3) is 4.53. The molecule has 29 heavy (non-hydrogen) atoms. The summed E-state index contributed by atoms with van der Waals surface area (Å²) in [6, 6.07) is 21.1. The molecule has 2 amide bonds. The molecule has 0 spiro atoms. The van der Waals surface area contributed by atoms with Crippen molar-refractivity contribution in [3.8, 4) is 0 Å². The van der Waals surface area contributed by atoms with E-state index in [0.29, 0.717) is 13.1 Å². The highest BCUT2D eigenvalue weighted by molar-refractivity contribution is 5.86. The summed E-state index contributed by atoms with van der Waals surface area (Å²) < 4.78 is 0. The van der Waals surface area contributed by atoms with Crippen molar-refractivity contribution in [1.82, 2.24) is 10.6 Å². The van der Waals surface area contributed by atoms with Crippen molar-refractivity contribution >= 4 is 22.5 Å². The van der Waals surface area contributed by atoms with Crippen molar-refractivity contribution in [2.75, 3.05) is 24.5 Å². The van der Waals surface area contributed by atoms with E-state index >= 15 is 0 Å². The van der Waals surface area contributed by atoms with E-state index in [9.17, 15) is 4.79 Å². The van der Waals surface area contributed by atoms with Gasteiger partial charge in [-0.15, -0.1) is 0 Å². The molecule has 0 atom stereocenters. The number of hydrogen-bond acceptors (Lipinski definition) is 2. The van der Waals surface area contributed by atoms with Crippen LogP contribution in [0.1, 0.15) is 30.0 Å². The Bertz CT molecular complexity index is 993. The second kappa shape index (κ2) is 8.99. The van der Waals surface area contributed by atoms with E-state index in [1.807, 2.05) is 18.2 Å². The number of hydrogen-bond donors (Lipinski definition) is 2. The average molecular weight is 388 g/mol. The minimum atomic E-state index is -0.118. The SMILES string of the molecule is CCN1CCCc2cc(CCNC(=O)NCc3cccc4ccccc34)ccc21. The molecule has 0 radical (unpaired) electrons. The lowest BCUT2D eigenvalue weighted by atomic mass is 9.98. The van der Waals surface area contributed by atoms with Crippen molar-refractivity contribution in [2.24, 2.45) is 0 Å². The quantitative estimate of drug-likeness (QED) is 0.646. The molecule has 0 unspecified atom stereocenters. The summed E-state index contributed by atoms with van der Waals surface area (Å²) in [7, 11) is 0. The number of carbonyl (C=O) groups is 1. The first-order chi connectivity index (χ1) is 14.2. The van der Waals surface area contributed by atoms with Crippen LogP contribution in [0.4, 0.5) is 10.5 Å². The first kappa shape index (κ1) is 19.3. The van der Waals surface area contributed by atoms with Crippen LogP contribution >= 0.6 is 0 Å².